The van der Waals surface area contributed by atoms with Crippen molar-refractivity contribution in [3.8, 4) is 0 Å². The van der Waals surface area contributed by atoms with Crippen LogP contribution >= 0.6 is 0 Å². The lowest BCUT2D eigenvalue weighted by atomic mass is 9.82. The molecule has 0 spiro atoms. The molecule has 0 aromatic heterocycles. The van der Waals surface area contributed by atoms with Crippen LogP contribution in [0.2, 0.25) is 0 Å². The van der Waals surface area contributed by atoms with Crippen LogP contribution in [0.4, 0.5) is 4.79 Å². The molecule has 0 radical (unpaired) electrons. The number of carboxylic acid groups (broad SMARTS) is 1. The van der Waals surface area contributed by atoms with Gasteiger partial charge in [0.25, 0.3) is 0 Å². The third kappa shape index (κ3) is 3.01. The molecule has 1 rings (SSSR count). The van der Waals surface area contributed by atoms with Gasteiger partial charge < -0.3 is 14.8 Å². The smallest absolute Gasteiger partial charge is 0.407 e. The van der Waals surface area contributed by atoms with Gasteiger partial charge in [0.05, 0.1) is 0 Å². The van der Waals surface area contributed by atoms with Gasteiger partial charge in [0.1, 0.15) is 6.29 Å². The molecule has 4 heteroatoms. The van der Waals surface area contributed by atoms with E-state index in [1.807, 2.05) is 0 Å². The Morgan fingerprint density at radius 3 is 2.43 bits per heavy atom. The molecule has 4 nitrogen and oxygen atoms in total. The summed E-state index contributed by atoms with van der Waals surface area (Å²) in [7, 11) is 1.59. The highest BCUT2D eigenvalue weighted by atomic mass is 16.4. The van der Waals surface area contributed by atoms with Crippen molar-refractivity contribution in [1.82, 2.24) is 4.90 Å². The van der Waals surface area contributed by atoms with Crippen LogP contribution < -0.4 is 0 Å². The van der Waals surface area contributed by atoms with E-state index in [4.69, 9.17) is 5.11 Å². The third-order valence-corrected chi connectivity index (χ3v) is 2.94. The zero-order valence-electron chi connectivity index (χ0n) is 8.48. The monoisotopic (exact) mass is 199 g/mol. The Morgan fingerprint density at radius 2 is 2.00 bits per heavy atom. The van der Waals surface area contributed by atoms with E-state index in [0.717, 1.165) is 32.0 Å². The summed E-state index contributed by atoms with van der Waals surface area (Å²) in [6, 6.07) is 0. The molecule has 1 N–H and O–H groups in total. The molecule has 80 valence electrons. The summed E-state index contributed by atoms with van der Waals surface area (Å²) in [4.78, 5) is 22.4. The van der Waals surface area contributed by atoms with Gasteiger partial charge in [0.2, 0.25) is 0 Å². The van der Waals surface area contributed by atoms with Crippen molar-refractivity contribution in [2.75, 3.05) is 13.6 Å². The first-order valence-electron chi connectivity index (χ1n) is 5.03. The van der Waals surface area contributed by atoms with Gasteiger partial charge in [-0.05, 0) is 31.6 Å². The zero-order valence-corrected chi connectivity index (χ0v) is 8.48. The first kappa shape index (κ1) is 11.0. The number of carbonyl (C=O) groups is 2. The van der Waals surface area contributed by atoms with Crippen LogP contribution in [0.3, 0.4) is 0 Å². The van der Waals surface area contributed by atoms with Gasteiger partial charge in [0.15, 0.2) is 0 Å². The minimum Gasteiger partial charge on any atom is -0.465 e. The quantitative estimate of drug-likeness (QED) is 0.702. The second kappa shape index (κ2) is 4.98. The van der Waals surface area contributed by atoms with Crippen LogP contribution in [0.5, 0.6) is 0 Å². The summed E-state index contributed by atoms with van der Waals surface area (Å²) in [5, 5.41) is 8.68. The van der Waals surface area contributed by atoms with Crippen LogP contribution in [0.1, 0.15) is 25.7 Å². The SMILES string of the molecule is CN(CC1CCC(C=O)CC1)C(=O)O. The standard InChI is InChI=1S/C10H17NO3/c1-11(10(13)14)6-8-2-4-9(7-12)5-3-8/h7-9H,2-6H2,1H3,(H,13,14). The fourth-order valence-corrected chi connectivity index (χ4v) is 1.97. The lowest BCUT2D eigenvalue weighted by Crippen LogP contribution is -2.32. The fraction of sp³-hybridized carbons (Fsp3) is 0.800. The zero-order chi connectivity index (χ0) is 10.6. The van der Waals surface area contributed by atoms with Crippen LogP contribution in [0.15, 0.2) is 0 Å². The maximum absolute atomic E-state index is 10.6. The Hall–Kier alpha value is -1.06. The van der Waals surface area contributed by atoms with E-state index in [1.54, 1.807) is 7.05 Å². The summed E-state index contributed by atoms with van der Waals surface area (Å²) in [6.45, 7) is 0.598. The molecule has 1 amide bonds. The van der Waals surface area contributed by atoms with E-state index >= 15 is 0 Å². The van der Waals surface area contributed by atoms with E-state index in [-0.39, 0.29) is 5.92 Å². The molecule has 1 aliphatic carbocycles. The summed E-state index contributed by atoms with van der Waals surface area (Å²) in [5.41, 5.74) is 0. The van der Waals surface area contributed by atoms with Gasteiger partial charge in [0, 0.05) is 19.5 Å². The van der Waals surface area contributed by atoms with Crippen LogP contribution in [0, 0.1) is 11.8 Å². The van der Waals surface area contributed by atoms with Crippen molar-refractivity contribution in [2.24, 2.45) is 11.8 Å². The molecule has 0 aliphatic heterocycles. The Bertz CT molecular complexity index is 209. The predicted octanol–water partition coefficient (Wildman–Crippen LogP) is 1.60. The second-order valence-electron chi connectivity index (χ2n) is 4.08. The number of hydrogen-bond acceptors (Lipinski definition) is 2. The Morgan fingerprint density at radius 1 is 1.43 bits per heavy atom. The Labute approximate surface area is 83.9 Å². The van der Waals surface area contributed by atoms with Gasteiger partial charge >= 0.3 is 6.09 Å². The van der Waals surface area contributed by atoms with E-state index < -0.39 is 6.09 Å². The molecular weight excluding hydrogens is 182 g/mol. The topological polar surface area (TPSA) is 57.6 Å². The summed E-state index contributed by atoms with van der Waals surface area (Å²) >= 11 is 0. The average Bonchev–Trinajstić information content (AvgIpc) is 2.19. The van der Waals surface area contributed by atoms with Crippen LogP contribution in [-0.4, -0.2) is 36.0 Å². The maximum atomic E-state index is 10.6. The minimum atomic E-state index is -0.873. The molecule has 0 bridgehead atoms. The van der Waals surface area contributed by atoms with Crippen molar-refractivity contribution < 1.29 is 14.7 Å². The highest BCUT2D eigenvalue weighted by Crippen LogP contribution is 2.27. The fourth-order valence-electron chi connectivity index (χ4n) is 1.97. The number of carbonyl (C=O) groups excluding carboxylic acids is 1. The van der Waals surface area contributed by atoms with E-state index in [1.165, 1.54) is 4.90 Å². The van der Waals surface area contributed by atoms with E-state index in [9.17, 15) is 9.59 Å². The second-order valence-corrected chi connectivity index (χ2v) is 4.08. The molecule has 1 saturated carbocycles. The molecule has 0 unspecified atom stereocenters. The van der Waals surface area contributed by atoms with Gasteiger partial charge in [-0.15, -0.1) is 0 Å². The van der Waals surface area contributed by atoms with Crippen LogP contribution in [-0.2, 0) is 4.79 Å². The minimum absolute atomic E-state index is 0.210. The van der Waals surface area contributed by atoms with Gasteiger partial charge in [-0.1, -0.05) is 0 Å². The van der Waals surface area contributed by atoms with Gasteiger partial charge in [-0.3, -0.25) is 0 Å². The molecule has 0 atom stereocenters. The first-order valence-corrected chi connectivity index (χ1v) is 5.03. The molecule has 0 heterocycles. The van der Waals surface area contributed by atoms with E-state index in [2.05, 4.69) is 0 Å². The van der Waals surface area contributed by atoms with Crippen LogP contribution in [0.25, 0.3) is 0 Å². The molecular formula is C10H17NO3. The summed E-state index contributed by atoms with van der Waals surface area (Å²) in [6.07, 6.45) is 3.94. The van der Waals surface area contributed by atoms with Crippen molar-refractivity contribution in [3.63, 3.8) is 0 Å². The number of aldehydes is 1. The lowest BCUT2D eigenvalue weighted by Gasteiger charge is -2.27. The number of nitrogens with zero attached hydrogens (tertiary/aromatic N) is 1. The Kier molecular flexibility index (Phi) is 3.92. The Balaban J connectivity index is 2.28. The molecule has 1 fully saturated rings. The normalized spacial score (nSPS) is 26.9. The molecule has 1 aliphatic rings. The van der Waals surface area contributed by atoms with Crippen molar-refractivity contribution >= 4 is 12.4 Å². The van der Waals surface area contributed by atoms with Crippen molar-refractivity contribution in [3.05, 3.63) is 0 Å². The highest BCUT2D eigenvalue weighted by molar-refractivity contribution is 5.64. The number of rotatable bonds is 3. The molecule has 0 aromatic rings. The van der Waals surface area contributed by atoms with Gasteiger partial charge in [-0.2, -0.15) is 0 Å². The first-order chi connectivity index (χ1) is 6.63. The lowest BCUT2D eigenvalue weighted by molar-refractivity contribution is -0.112. The van der Waals surface area contributed by atoms with Crippen molar-refractivity contribution in [1.29, 1.82) is 0 Å². The van der Waals surface area contributed by atoms with E-state index in [0.29, 0.717) is 12.5 Å². The summed E-state index contributed by atoms with van der Waals surface area (Å²) < 4.78 is 0. The number of amides is 1. The highest BCUT2D eigenvalue weighted by Gasteiger charge is 2.22. The predicted molar refractivity (Wildman–Crippen MR) is 52.2 cm³/mol. The summed E-state index contributed by atoms with van der Waals surface area (Å²) in [5.74, 6) is 0.647. The van der Waals surface area contributed by atoms with Crippen molar-refractivity contribution in [2.45, 2.75) is 25.7 Å². The largest absolute Gasteiger partial charge is 0.465 e. The van der Waals surface area contributed by atoms with Gasteiger partial charge in [-0.25, -0.2) is 4.79 Å². The molecule has 0 aromatic carbocycles. The maximum Gasteiger partial charge on any atom is 0.407 e. The third-order valence-electron chi connectivity index (χ3n) is 2.94. The molecule has 14 heavy (non-hydrogen) atoms. The molecule has 0 saturated heterocycles. The average molecular weight is 199 g/mol. The number of hydrogen-bond donors (Lipinski definition) is 1.